The maximum atomic E-state index is 12.8. The van der Waals surface area contributed by atoms with E-state index in [1.807, 2.05) is 24.3 Å². The molecule has 0 bridgehead atoms. The van der Waals surface area contributed by atoms with Crippen molar-refractivity contribution in [2.75, 3.05) is 5.73 Å². The monoisotopic (exact) mass is 415 g/mol. The Morgan fingerprint density at radius 1 is 1.03 bits per heavy atom. The van der Waals surface area contributed by atoms with Crippen LogP contribution in [0.4, 0.5) is 5.82 Å². The molecular weight excluding hydrogens is 385 g/mol. The third-order valence-electron chi connectivity index (χ3n) is 6.32. The zero-order chi connectivity index (χ0) is 21.6. The molecular formula is C24H30BN5O. The average Bonchev–Trinajstić information content (AvgIpc) is 3.14. The fourth-order valence-electron chi connectivity index (χ4n) is 4.50. The highest BCUT2D eigenvalue weighted by atomic mass is 16.1. The number of pyridine rings is 1. The molecule has 1 aromatic carbocycles. The number of rotatable bonds is 4. The van der Waals surface area contributed by atoms with Crippen LogP contribution in [0.2, 0.25) is 0 Å². The normalized spacial score (nSPS) is 16.3. The highest BCUT2D eigenvalue weighted by Crippen LogP contribution is 2.30. The van der Waals surface area contributed by atoms with Gasteiger partial charge in [-0.05, 0) is 24.5 Å². The van der Waals surface area contributed by atoms with E-state index in [1.165, 1.54) is 36.7 Å². The average molecular weight is 415 g/mol. The number of nitrogens with two attached hydrogens (primary N) is 1. The summed E-state index contributed by atoms with van der Waals surface area (Å²) in [4.78, 5) is 16.9. The van der Waals surface area contributed by atoms with Crippen LogP contribution < -0.4 is 11.1 Å². The van der Waals surface area contributed by atoms with E-state index in [1.54, 1.807) is 12.3 Å². The van der Waals surface area contributed by atoms with E-state index in [9.17, 15) is 4.79 Å². The third-order valence-corrected chi connectivity index (χ3v) is 6.32. The Balaban J connectivity index is 1.40. The highest BCUT2D eigenvalue weighted by molar-refractivity contribution is 6.13. The molecule has 0 saturated heterocycles. The Hall–Kier alpha value is -2.83. The van der Waals surface area contributed by atoms with Gasteiger partial charge >= 0.3 is 0 Å². The van der Waals surface area contributed by atoms with Crippen molar-refractivity contribution in [2.45, 2.75) is 64.3 Å². The van der Waals surface area contributed by atoms with Gasteiger partial charge in [0.2, 0.25) is 5.91 Å². The number of nitrogens with zero attached hydrogens (tertiary/aromatic N) is 3. The molecule has 1 aliphatic carbocycles. The first-order valence-corrected chi connectivity index (χ1v) is 11.4. The van der Waals surface area contributed by atoms with Crippen LogP contribution in [0.1, 0.15) is 63.4 Å². The summed E-state index contributed by atoms with van der Waals surface area (Å²) in [6.45, 7) is 0.533. The number of nitrogens with one attached hydrogen (secondary N) is 1. The van der Waals surface area contributed by atoms with Crippen LogP contribution in [0, 0.1) is 5.92 Å². The zero-order valence-electron chi connectivity index (χ0n) is 18.0. The molecule has 2 heterocycles. The molecule has 0 unspecified atom stereocenters. The van der Waals surface area contributed by atoms with E-state index in [4.69, 9.17) is 13.7 Å². The van der Waals surface area contributed by atoms with E-state index in [-0.39, 0.29) is 11.8 Å². The van der Waals surface area contributed by atoms with Gasteiger partial charge < -0.3 is 15.6 Å². The van der Waals surface area contributed by atoms with E-state index in [0.29, 0.717) is 18.1 Å². The van der Waals surface area contributed by atoms with Crippen molar-refractivity contribution in [1.82, 2.24) is 20.0 Å². The van der Waals surface area contributed by atoms with Crippen LogP contribution in [0.5, 0.6) is 0 Å². The van der Waals surface area contributed by atoms with Crippen molar-refractivity contribution in [3.05, 3.63) is 42.1 Å². The van der Waals surface area contributed by atoms with Gasteiger partial charge in [-0.2, -0.15) is 5.10 Å². The number of anilines is 1. The van der Waals surface area contributed by atoms with Crippen molar-refractivity contribution >= 4 is 30.6 Å². The lowest BCUT2D eigenvalue weighted by Gasteiger charge is -2.18. The number of aromatic nitrogens is 3. The Morgan fingerprint density at radius 2 is 1.68 bits per heavy atom. The number of carbonyl (C=O) groups excluding carboxylic acids is 1. The van der Waals surface area contributed by atoms with Crippen LogP contribution in [-0.4, -0.2) is 28.6 Å². The van der Waals surface area contributed by atoms with E-state index < -0.39 is 0 Å². The predicted molar refractivity (Wildman–Crippen MR) is 125 cm³/mol. The number of fused-ring (bicyclic) bond motifs is 1. The lowest BCUT2D eigenvalue weighted by Crippen LogP contribution is -2.30. The van der Waals surface area contributed by atoms with Crippen molar-refractivity contribution in [2.24, 2.45) is 5.92 Å². The number of hydrogen-bond acceptors (Lipinski definition) is 4. The van der Waals surface area contributed by atoms with Gasteiger partial charge in [0.15, 0.2) is 0 Å². The maximum Gasteiger partial charge on any atom is 0.265 e. The standard InChI is InChI=1S/C24H30BN5O/c25-30-20-14-15-27-23(26)21(20)22(29-30)18-12-10-17(11-13-18)16-28-24(31)19-8-6-4-2-1-3-5-7-9-19/h10-15,19H,1-9,16H2,(H2,26,27)(H,28,31). The van der Waals surface area contributed by atoms with Gasteiger partial charge in [0, 0.05) is 24.2 Å². The van der Waals surface area contributed by atoms with E-state index in [2.05, 4.69) is 15.4 Å². The number of benzene rings is 1. The third kappa shape index (κ3) is 5.09. The minimum absolute atomic E-state index is 0.146. The SMILES string of the molecule is [B]n1nc(-c2ccc(CNC(=O)C3CCCCCCCCC3)cc2)c2c(N)nccc21. The number of amides is 1. The summed E-state index contributed by atoms with van der Waals surface area (Å²) in [7, 11) is 5.98. The molecule has 1 saturated carbocycles. The molecule has 0 aliphatic heterocycles. The largest absolute Gasteiger partial charge is 0.383 e. The molecule has 31 heavy (non-hydrogen) atoms. The topological polar surface area (TPSA) is 85.8 Å². The Morgan fingerprint density at radius 3 is 2.35 bits per heavy atom. The second-order valence-corrected chi connectivity index (χ2v) is 8.55. The lowest BCUT2D eigenvalue weighted by atomic mass is 9.91. The molecule has 1 fully saturated rings. The summed E-state index contributed by atoms with van der Waals surface area (Å²) in [6, 6.07) is 9.79. The van der Waals surface area contributed by atoms with Gasteiger partial charge in [-0.3, -0.25) is 4.79 Å². The molecule has 0 spiro atoms. The lowest BCUT2D eigenvalue weighted by molar-refractivity contribution is -0.125. The van der Waals surface area contributed by atoms with Crippen LogP contribution >= 0.6 is 0 Å². The summed E-state index contributed by atoms with van der Waals surface area (Å²) >= 11 is 0. The summed E-state index contributed by atoms with van der Waals surface area (Å²) in [5.41, 5.74) is 9.48. The van der Waals surface area contributed by atoms with E-state index in [0.717, 1.165) is 47.7 Å². The fourth-order valence-corrected chi connectivity index (χ4v) is 4.50. The van der Waals surface area contributed by atoms with Crippen molar-refractivity contribution in [1.29, 1.82) is 0 Å². The molecule has 3 aromatic rings. The van der Waals surface area contributed by atoms with Gasteiger partial charge in [0.1, 0.15) is 11.5 Å². The van der Waals surface area contributed by atoms with Crippen molar-refractivity contribution in [3.8, 4) is 11.3 Å². The number of hydrogen-bond donors (Lipinski definition) is 2. The van der Waals surface area contributed by atoms with Crippen LogP contribution in [0.15, 0.2) is 36.5 Å². The Kier molecular flexibility index (Phi) is 6.90. The summed E-state index contributed by atoms with van der Waals surface area (Å²) in [6.07, 6.45) is 12.4. The smallest absolute Gasteiger partial charge is 0.265 e. The molecule has 3 N–H and O–H groups in total. The first-order valence-electron chi connectivity index (χ1n) is 11.4. The first-order chi connectivity index (χ1) is 15.1. The number of carbonyl (C=O) groups is 1. The fraction of sp³-hybridized carbons (Fsp3) is 0.458. The van der Waals surface area contributed by atoms with Crippen molar-refractivity contribution < 1.29 is 4.79 Å². The minimum atomic E-state index is 0.146. The molecule has 2 aromatic heterocycles. The molecule has 160 valence electrons. The van der Waals surface area contributed by atoms with Crippen LogP contribution in [-0.2, 0) is 11.3 Å². The highest BCUT2D eigenvalue weighted by Gasteiger charge is 2.18. The first kappa shape index (κ1) is 21.4. The molecule has 1 amide bonds. The summed E-state index contributed by atoms with van der Waals surface area (Å²) in [5.74, 6) is 0.746. The second-order valence-electron chi connectivity index (χ2n) is 8.55. The quantitative estimate of drug-likeness (QED) is 0.620. The maximum absolute atomic E-state index is 12.8. The summed E-state index contributed by atoms with van der Waals surface area (Å²) in [5, 5.41) is 8.32. The molecule has 6 nitrogen and oxygen atoms in total. The molecule has 1 aliphatic rings. The molecule has 7 heteroatoms. The van der Waals surface area contributed by atoms with Gasteiger partial charge in [0.05, 0.1) is 10.9 Å². The van der Waals surface area contributed by atoms with Gasteiger partial charge in [-0.25, -0.2) is 4.98 Å². The van der Waals surface area contributed by atoms with Crippen LogP contribution in [0.3, 0.4) is 0 Å². The van der Waals surface area contributed by atoms with Crippen molar-refractivity contribution in [3.63, 3.8) is 0 Å². The van der Waals surface area contributed by atoms with Gasteiger partial charge in [-0.15, -0.1) is 0 Å². The Labute approximate surface area is 185 Å². The van der Waals surface area contributed by atoms with E-state index >= 15 is 0 Å². The Bertz CT molecular complexity index is 1020. The second kappa shape index (κ2) is 9.99. The minimum Gasteiger partial charge on any atom is -0.383 e. The summed E-state index contributed by atoms with van der Waals surface area (Å²) < 4.78 is 1.33. The van der Waals surface area contributed by atoms with Gasteiger partial charge in [0.25, 0.3) is 7.98 Å². The zero-order valence-corrected chi connectivity index (χ0v) is 18.0. The predicted octanol–water partition coefficient (Wildman–Crippen LogP) is 4.37. The number of nitrogen functional groups attached to an aromatic ring is 1. The molecule has 2 radical (unpaired) electrons. The molecule has 0 atom stereocenters. The van der Waals surface area contributed by atoms with Gasteiger partial charge in [-0.1, -0.05) is 69.2 Å². The van der Waals surface area contributed by atoms with Crippen LogP contribution in [0.25, 0.3) is 22.2 Å². The molecule has 4 rings (SSSR count).